The Balaban J connectivity index is 2.50. The molecule has 5 heteroatoms. The van der Waals surface area contributed by atoms with Crippen LogP contribution < -0.4 is 5.73 Å². The average molecular weight is 326 g/mol. The highest BCUT2D eigenvalue weighted by atomic mass is 28.4. The van der Waals surface area contributed by atoms with Gasteiger partial charge in [0.05, 0.1) is 0 Å². The molecule has 0 aliphatic rings. The second-order valence-corrected chi connectivity index (χ2v) is 8.77. The van der Waals surface area contributed by atoms with Crippen molar-refractivity contribution in [2.75, 3.05) is 27.9 Å². The largest absolute Gasteiger partial charge is 0.500 e. The number of rotatable bonds is 12. The maximum atomic E-state index is 5.68. The van der Waals surface area contributed by atoms with Crippen LogP contribution in [-0.2, 0) is 19.7 Å². The molecule has 1 unspecified atom stereocenters. The molecule has 0 saturated heterocycles. The number of benzene rings is 1. The van der Waals surface area contributed by atoms with E-state index in [1.54, 1.807) is 21.3 Å². The van der Waals surface area contributed by atoms with E-state index >= 15 is 0 Å². The van der Waals surface area contributed by atoms with E-state index in [4.69, 9.17) is 19.0 Å². The lowest BCUT2D eigenvalue weighted by atomic mass is 9.91. The van der Waals surface area contributed by atoms with Crippen LogP contribution in [0.3, 0.4) is 0 Å². The van der Waals surface area contributed by atoms with Crippen LogP contribution in [0.2, 0.25) is 6.04 Å². The lowest BCUT2D eigenvalue weighted by Gasteiger charge is -2.25. The van der Waals surface area contributed by atoms with Gasteiger partial charge in [-0.15, -0.1) is 0 Å². The maximum Gasteiger partial charge on any atom is 0.500 e. The quantitative estimate of drug-likeness (QED) is 0.599. The first-order valence-corrected chi connectivity index (χ1v) is 10.0. The lowest BCUT2D eigenvalue weighted by molar-refractivity contribution is 0.122. The fourth-order valence-corrected chi connectivity index (χ4v) is 4.62. The summed E-state index contributed by atoms with van der Waals surface area (Å²) in [6, 6.07) is 11.5. The molecule has 0 aliphatic carbocycles. The van der Waals surface area contributed by atoms with E-state index in [1.165, 1.54) is 12.0 Å². The van der Waals surface area contributed by atoms with E-state index < -0.39 is 8.80 Å². The van der Waals surface area contributed by atoms with Crippen molar-refractivity contribution < 1.29 is 13.3 Å². The van der Waals surface area contributed by atoms with Crippen LogP contribution in [-0.4, -0.2) is 36.7 Å². The van der Waals surface area contributed by atoms with E-state index in [2.05, 4.69) is 30.3 Å². The Morgan fingerprint density at radius 3 is 2.09 bits per heavy atom. The van der Waals surface area contributed by atoms with Crippen LogP contribution in [0.25, 0.3) is 0 Å². The summed E-state index contributed by atoms with van der Waals surface area (Å²) in [4.78, 5) is 0. The zero-order valence-corrected chi connectivity index (χ0v) is 15.2. The molecule has 0 aromatic heterocycles. The summed E-state index contributed by atoms with van der Waals surface area (Å²) >= 11 is 0. The first-order valence-electron chi connectivity index (χ1n) is 8.09. The minimum atomic E-state index is -2.43. The summed E-state index contributed by atoms with van der Waals surface area (Å²) in [6.45, 7) is 0.762. The molecule has 0 spiro atoms. The van der Waals surface area contributed by atoms with Crippen molar-refractivity contribution in [1.29, 1.82) is 0 Å². The molecular weight excluding hydrogens is 294 g/mol. The topological polar surface area (TPSA) is 53.7 Å². The van der Waals surface area contributed by atoms with Gasteiger partial charge in [-0.25, -0.2) is 0 Å². The van der Waals surface area contributed by atoms with Crippen molar-refractivity contribution in [2.24, 2.45) is 11.7 Å². The van der Waals surface area contributed by atoms with Gasteiger partial charge in [0.2, 0.25) is 0 Å². The summed E-state index contributed by atoms with van der Waals surface area (Å²) < 4.78 is 16.5. The van der Waals surface area contributed by atoms with E-state index in [9.17, 15) is 0 Å². The number of hydrogen-bond acceptors (Lipinski definition) is 4. The van der Waals surface area contributed by atoms with Gasteiger partial charge in [0, 0.05) is 27.4 Å². The Hall–Kier alpha value is -0.723. The Morgan fingerprint density at radius 2 is 1.55 bits per heavy atom. The second kappa shape index (κ2) is 10.9. The van der Waals surface area contributed by atoms with Crippen molar-refractivity contribution in [2.45, 2.75) is 38.1 Å². The summed E-state index contributed by atoms with van der Waals surface area (Å²) in [5, 5.41) is 0. The summed E-state index contributed by atoms with van der Waals surface area (Å²) in [5.74, 6) is 0.656. The fraction of sp³-hybridized carbons (Fsp3) is 0.647. The van der Waals surface area contributed by atoms with Crippen molar-refractivity contribution >= 4 is 8.80 Å². The van der Waals surface area contributed by atoms with E-state index in [0.717, 1.165) is 38.3 Å². The van der Waals surface area contributed by atoms with Crippen molar-refractivity contribution in [3.63, 3.8) is 0 Å². The maximum absolute atomic E-state index is 5.68. The predicted molar refractivity (Wildman–Crippen MR) is 92.7 cm³/mol. The van der Waals surface area contributed by atoms with Gasteiger partial charge in [-0.3, -0.25) is 0 Å². The highest BCUT2D eigenvalue weighted by molar-refractivity contribution is 6.60. The van der Waals surface area contributed by atoms with Crippen LogP contribution >= 0.6 is 0 Å². The van der Waals surface area contributed by atoms with Gasteiger partial charge in [-0.1, -0.05) is 36.8 Å². The lowest BCUT2D eigenvalue weighted by Crippen LogP contribution is -2.42. The van der Waals surface area contributed by atoms with Gasteiger partial charge in [0.1, 0.15) is 0 Å². The fourth-order valence-electron chi connectivity index (χ4n) is 2.87. The molecule has 4 nitrogen and oxygen atoms in total. The first kappa shape index (κ1) is 19.3. The molecule has 0 aliphatic heterocycles. The standard InChI is InChI=1S/C17H31NO3Si/c1-19-22(20-2,21-3)14-8-12-17(11-7-13-18)15-16-9-5-4-6-10-16/h4-6,9-10,17H,7-8,11-15,18H2,1-3H3. The van der Waals surface area contributed by atoms with Gasteiger partial charge < -0.3 is 19.0 Å². The molecule has 0 amide bonds. The van der Waals surface area contributed by atoms with Gasteiger partial charge in [0.25, 0.3) is 0 Å². The zero-order chi connectivity index (χ0) is 16.3. The molecule has 22 heavy (non-hydrogen) atoms. The monoisotopic (exact) mass is 325 g/mol. The molecular formula is C17H31NO3Si. The molecule has 1 atom stereocenters. The highest BCUT2D eigenvalue weighted by Crippen LogP contribution is 2.24. The minimum Gasteiger partial charge on any atom is -0.377 e. The Morgan fingerprint density at radius 1 is 0.955 bits per heavy atom. The number of hydrogen-bond donors (Lipinski definition) is 1. The van der Waals surface area contributed by atoms with Crippen molar-refractivity contribution in [1.82, 2.24) is 0 Å². The van der Waals surface area contributed by atoms with E-state index in [0.29, 0.717) is 5.92 Å². The summed E-state index contributed by atoms with van der Waals surface area (Å²) in [5.41, 5.74) is 7.08. The third-order valence-corrected chi connectivity index (χ3v) is 7.04. The van der Waals surface area contributed by atoms with Crippen LogP contribution in [0.15, 0.2) is 30.3 Å². The molecule has 0 radical (unpaired) electrons. The minimum absolute atomic E-state index is 0.656. The second-order valence-electron chi connectivity index (χ2n) is 5.67. The smallest absolute Gasteiger partial charge is 0.377 e. The predicted octanol–water partition coefficient (Wildman–Crippen LogP) is 3.24. The molecule has 1 rings (SSSR count). The molecule has 0 heterocycles. The molecule has 1 aromatic rings. The molecule has 0 fully saturated rings. The van der Waals surface area contributed by atoms with Crippen molar-refractivity contribution in [3.05, 3.63) is 35.9 Å². The van der Waals surface area contributed by atoms with Gasteiger partial charge in [-0.05, 0) is 43.7 Å². The van der Waals surface area contributed by atoms with Crippen LogP contribution in [0.1, 0.15) is 31.2 Å². The van der Waals surface area contributed by atoms with Gasteiger partial charge in [-0.2, -0.15) is 0 Å². The Labute approximate surface area is 136 Å². The molecule has 1 aromatic carbocycles. The van der Waals surface area contributed by atoms with Crippen LogP contribution in [0, 0.1) is 5.92 Å². The van der Waals surface area contributed by atoms with Gasteiger partial charge in [0.15, 0.2) is 0 Å². The SMILES string of the molecule is CO[Si](CCCC(CCCN)Cc1ccccc1)(OC)OC. The molecule has 0 bridgehead atoms. The molecule has 2 N–H and O–H groups in total. The van der Waals surface area contributed by atoms with Crippen molar-refractivity contribution in [3.8, 4) is 0 Å². The molecule has 0 saturated carbocycles. The Bertz CT molecular complexity index is 376. The number of nitrogens with two attached hydrogens (primary N) is 1. The third-order valence-electron chi connectivity index (χ3n) is 4.21. The summed E-state index contributed by atoms with van der Waals surface area (Å²) in [6.07, 6.45) is 5.58. The normalized spacial score (nSPS) is 13.3. The zero-order valence-electron chi connectivity index (χ0n) is 14.2. The molecule has 126 valence electrons. The van der Waals surface area contributed by atoms with E-state index in [1.807, 2.05) is 0 Å². The van der Waals surface area contributed by atoms with Crippen LogP contribution in [0.4, 0.5) is 0 Å². The third kappa shape index (κ3) is 6.58. The van der Waals surface area contributed by atoms with Gasteiger partial charge >= 0.3 is 8.80 Å². The first-order chi connectivity index (χ1) is 10.7. The summed E-state index contributed by atoms with van der Waals surface area (Å²) in [7, 11) is 2.59. The average Bonchev–Trinajstić information content (AvgIpc) is 2.58. The highest BCUT2D eigenvalue weighted by Gasteiger charge is 2.37. The van der Waals surface area contributed by atoms with Crippen LogP contribution in [0.5, 0.6) is 0 Å². The Kier molecular flexibility index (Phi) is 9.59. The van der Waals surface area contributed by atoms with E-state index in [-0.39, 0.29) is 0 Å².